The van der Waals surface area contributed by atoms with E-state index in [0.29, 0.717) is 0 Å². The Hall–Kier alpha value is -0.960. The number of piperidine rings is 1. The van der Waals surface area contributed by atoms with Crippen molar-refractivity contribution in [2.75, 3.05) is 20.1 Å². The van der Waals surface area contributed by atoms with Gasteiger partial charge in [-0.25, -0.2) is 0 Å². The molecule has 2 rings (SSSR count). The van der Waals surface area contributed by atoms with E-state index in [-0.39, 0.29) is 0 Å². The number of nitrogens with zero attached hydrogens (tertiary/aromatic N) is 3. The molecule has 0 spiro atoms. The molecule has 1 aromatic heterocycles. The Kier molecular flexibility index (Phi) is 5.10. The summed E-state index contributed by atoms with van der Waals surface area (Å²) in [7, 11) is 2.19. The van der Waals surface area contributed by atoms with Crippen LogP contribution in [0.4, 0.5) is 0 Å². The van der Waals surface area contributed by atoms with Crippen LogP contribution in [0.15, 0.2) is 24.5 Å². The van der Waals surface area contributed by atoms with E-state index in [1.54, 1.807) is 12.4 Å². The Morgan fingerprint density at radius 3 is 1.69 bits per heavy atom. The fourth-order valence-corrected chi connectivity index (χ4v) is 1.31. The molecule has 0 bridgehead atoms. The third-order valence-corrected chi connectivity index (χ3v) is 2.06. The second-order valence-electron chi connectivity index (χ2n) is 3.28. The summed E-state index contributed by atoms with van der Waals surface area (Å²) in [5.41, 5.74) is 0. The van der Waals surface area contributed by atoms with Crippen LogP contribution in [0, 0.1) is 0 Å². The van der Waals surface area contributed by atoms with Crippen LogP contribution in [0.1, 0.15) is 19.3 Å². The van der Waals surface area contributed by atoms with Crippen molar-refractivity contribution in [1.29, 1.82) is 0 Å². The van der Waals surface area contributed by atoms with E-state index in [9.17, 15) is 0 Å². The van der Waals surface area contributed by atoms with Crippen molar-refractivity contribution in [3.63, 3.8) is 0 Å². The Morgan fingerprint density at radius 1 is 0.923 bits per heavy atom. The highest BCUT2D eigenvalue weighted by molar-refractivity contribution is 4.79. The van der Waals surface area contributed by atoms with Crippen molar-refractivity contribution in [2.45, 2.75) is 19.3 Å². The van der Waals surface area contributed by atoms with Gasteiger partial charge in [0, 0.05) is 12.4 Å². The molecule has 0 atom stereocenters. The summed E-state index contributed by atoms with van der Waals surface area (Å²) in [6.45, 7) is 2.64. The van der Waals surface area contributed by atoms with Crippen LogP contribution in [-0.4, -0.2) is 35.2 Å². The largest absolute Gasteiger partial charge is 0.306 e. The van der Waals surface area contributed by atoms with Gasteiger partial charge in [0.1, 0.15) is 0 Å². The second kappa shape index (κ2) is 6.54. The highest BCUT2D eigenvalue weighted by Gasteiger charge is 2.02. The molecule has 0 N–H and O–H groups in total. The number of rotatable bonds is 0. The lowest BCUT2D eigenvalue weighted by Crippen LogP contribution is -2.24. The average Bonchev–Trinajstić information content (AvgIpc) is 2.22. The molecule has 2 heterocycles. The Bertz CT molecular complexity index is 168. The lowest BCUT2D eigenvalue weighted by Gasteiger charge is -2.20. The number of hydrogen-bond donors (Lipinski definition) is 0. The maximum Gasteiger partial charge on any atom is 0.0496 e. The molecule has 72 valence electrons. The van der Waals surface area contributed by atoms with E-state index in [1.165, 1.54) is 32.4 Å². The number of aromatic nitrogens is 2. The van der Waals surface area contributed by atoms with E-state index in [4.69, 9.17) is 0 Å². The zero-order valence-corrected chi connectivity index (χ0v) is 8.19. The predicted octanol–water partition coefficient (Wildman–Crippen LogP) is 1.58. The van der Waals surface area contributed by atoms with Gasteiger partial charge in [0.05, 0.1) is 0 Å². The maximum atomic E-state index is 3.53. The first kappa shape index (κ1) is 10.1. The van der Waals surface area contributed by atoms with Crippen LogP contribution < -0.4 is 0 Å². The lowest BCUT2D eigenvalue weighted by molar-refractivity contribution is 0.277. The van der Waals surface area contributed by atoms with Crippen molar-refractivity contribution >= 4 is 0 Å². The fourth-order valence-electron chi connectivity index (χ4n) is 1.31. The summed E-state index contributed by atoms with van der Waals surface area (Å²) in [5, 5.41) is 7.07. The highest BCUT2D eigenvalue weighted by atomic mass is 15.1. The van der Waals surface area contributed by atoms with Gasteiger partial charge in [0.2, 0.25) is 0 Å². The quantitative estimate of drug-likeness (QED) is 0.605. The molecular weight excluding hydrogens is 162 g/mol. The standard InChI is InChI=1S/C6H13N.C4H4N2/c1-7-5-3-2-4-6-7;1-2-4-6-5-3-1/h2-6H2,1H3;1-4H. The highest BCUT2D eigenvalue weighted by Crippen LogP contribution is 2.04. The molecule has 3 nitrogen and oxygen atoms in total. The van der Waals surface area contributed by atoms with Crippen LogP contribution in [0.3, 0.4) is 0 Å². The molecule has 13 heavy (non-hydrogen) atoms. The minimum Gasteiger partial charge on any atom is -0.306 e. The smallest absolute Gasteiger partial charge is 0.0496 e. The molecule has 1 aliphatic heterocycles. The lowest BCUT2D eigenvalue weighted by atomic mass is 10.1. The van der Waals surface area contributed by atoms with Crippen LogP contribution in [-0.2, 0) is 0 Å². The zero-order chi connectivity index (χ0) is 9.36. The van der Waals surface area contributed by atoms with Gasteiger partial charge < -0.3 is 4.90 Å². The van der Waals surface area contributed by atoms with Crippen molar-refractivity contribution in [1.82, 2.24) is 15.1 Å². The van der Waals surface area contributed by atoms with E-state index in [0.717, 1.165) is 0 Å². The Labute approximate surface area is 79.8 Å². The fraction of sp³-hybridized carbons (Fsp3) is 0.600. The topological polar surface area (TPSA) is 29.0 Å². The summed E-state index contributed by atoms with van der Waals surface area (Å²) in [6, 6.07) is 3.65. The summed E-state index contributed by atoms with van der Waals surface area (Å²) < 4.78 is 0. The number of hydrogen-bond acceptors (Lipinski definition) is 3. The van der Waals surface area contributed by atoms with Gasteiger partial charge >= 0.3 is 0 Å². The first-order valence-corrected chi connectivity index (χ1v) is 4.80. The molecular formula is C10H17N3. The van der Waals surface area contributed by atoms with Gasteiger partial charge in [-0.1, -0.05) is 6.42 Å². The molecule has 1 fully saturated rings. The molecule has 0 amide bonds. The van der Waals surface area contributed by atoms with Gasteiger partial charge in [-0.3, -0.25) is 0 Å². The second-order valence-corrected chi connectivity index (χ2v) is 3.28. The van der Waals surface area contributed by atoms with Gasteiger partial charge in [-0.2, -0.15) is 10.2 Å². The first-order valence-electron chi connectivity index (χ1n) is 4.80. The molecule has 1 aliphatic rings. The van der Waals surface area contributed by atoms with Crippen molar-refractivity contribution in [3.05, 3.63) is 24.5 Å². The van der Waals surface area contributed by atoms with E-state index < -0.39 is 0 Å². The molecule has 0 unspecified atom stereocenters. The number of likely N-dealkylation sites (tertiary alicyclic amines) is 1. The van der Waals surface area contributed by atoms with Crippen molar-refractivity contribution in [3.8, 4) is 0 Å². The van der Waals surface area contributed by atoms with Crippen LogP contribution in [0.25, 0.3) is 0 Å². The average molecular weight is 179 g/mol. The Morgan fingerprint density at radius 2 is 1.46 bits per heavy atom. The molecule has 0 aromatic carbocycles. The summed E-state index contributed by atoms with van der Waals surface area (Å²) in [6.07, 6.45) is 7.55. The maximum absolute atomic E-state index is 3.53. The predicted molar refractivity (Wildman–Crippen MR) is 53.4 cm³/mol. The van der Waals surface area contributed by atoms with Crippen LogP contribution >= 0.6 is 0 Å². The van der Waals surface area contributed by atoms with Crippen molar-refractivity contribution < 1.29 is 0 Å². The monoisotopic (exact) mass is 179 g/mol. The molecule has 1 saturated heterocycles. The molecule has 1 aromatic rings. The molecule has 3 heteroatoms. The third kappa shape index (κ3) is 5.31. The Balaban J connectivity index is 0.000000132. The SMILES string of the molecule is CN1CCCCC1.c1ccnnc1. The van der Waals surface area contributed by atoms with E-state index in [1.807, 2.05) is 12.1 Å². The van der Waals surface area contributed by atoms with Gasteiger partial charge in [-0.05, 0) is 45.1 Å². The summed E-state index contributed by atoms with van der Waals surface area (Å²) >= 11 is 0. The van der Waals surface area contributed by atoms with E-state index >= 15 is 0 Å². The molecule has 0 radical (unpaired) electrons. The van der Waals surface area contributed by atoms with Crippen molar-refractivity contribution in [2.24, 2.45) is 0 Å². The first-order chi connectivity index (χ1) is 6.39. The minimum absolute atomic E-state index is 1.32. The molecule has 0 aliphatic carbocycles. The minimum atomic E-state index is 1.32. The zero-order valence-electron chi connectivity index (χ0n) is 8.19. The summed E-state index contributed by atoms with van der Waals surface area (Å²) in [5.74, 6) is 0. The van der Waals surface area contributed by atoms with Gasteiger partial charge in [-0.15, -0.1) is 0 Å². The van der Waals surface area contributed by atoms with Crippen LogP contribution in [0.2, 0.25) is 0 Å². The van der Waals surface area contributed by atoms with Crippen LogP contribution in [0.5, 0.6) is 0 Å². The van der Waals surface area contributed by atoms with E-state index in [2.05, 4.69) is 22.1 Å². The van der Waals surface area contributed by atoms with Gasteiger partial charge in [0.25, 0.3) is 0 Å². The normalized spacial score (nSPS) is 17.3. The third-order valence-electron chi connectivity index (χ3n) is 2.06. The summed E-state index contributed by atoms with van der Waals surface area (Å²) in [4.78, 5) is 2.39. The molecule has 0 saturated carbocycles. The van der Waals surface area contributed by atoms with Gasteiger partial charge in [0.15, 0.2) is 0 Å².